The van der Waals surface area contributed by atoms with Gasteiger partial charge in [-0.05, 0) is 30.4 Å². The molecular weight excluding hydrogens is 288 g/mol. The van der Waals surface area contributed by atoms with Crippen molar-refractivity contribution in [3.05, 3.63) is 30.3 Å². The van der Waals surface area contributed by atoms with Gasteiger partial charge in [-0.2, -0.15) is 0 Å². The van der Waals surface area contributed by atoms with Crippen molar-refractivity contribution < 1.29 is 17.9 Å². The zero-order valence-corrected chi connectivity index (χ0v) is 13.2. The van der Waals surface area contributed by atoms with Gasteiger partial charge in [0.15, 0.2) is 15.6 Å². The smallest absolute Gasteiger partial charge is 0.178 e. The van der Waals surface area contributed by atoms with Crippen LogP contribution < -0.4 is 0 Å². The van der Waals surface area contributed by atoms with Crippen molar-refractivity contribution in [3.63, 3.8) is 0 Å². The van der Waals surface area contributed by atoms with Crippen molar-refractivity contribution in [1.29, 1.82) is 0 Å². The first-order valence-corrected chi connectivity index (χ1v) is 9.14. The lowest BCUT2D eigenvalue weighted by atomic mass is 9.74. The lowest BCUT2D eigenvalue weighted by Gasteiger charge is -2.42. The fourth-order valence-corrected chi connectivity index (χ4v) is 5.55. The molecule has 1 atom stereocenters. The maximum atomic E-state index is 12.6. The molecule has 5 heteroatoms. The zero-order valence-electron chi connectivity index (χ0n) is 12.4. The molecule has 3 rings (SSSR count). The van der Waals surface area contributed by atoms with E-state index in [-0.39, 0.29) is 11.2 Å². The third kappa shape index (κ3) is 3.15. The van der Waals surface area contributed by atoms with E-state index < -0.39 is 15.6 Å². The Morgan fingerprint density at radius 2 is 1.76 bits per heavy atom. The average molecular weight is 310 g/mol. The van der Waals surface area contributed by atoms with E-state index in [1.165, 1.54) is 0 Å². The summed E-state index contributed by atoms with van der Waals surface area (Å²) >= 11 is 0. The van der Waals surface area contributed by atoms with Gasteiger partial charge < -0.3 is 9.47 Å². The topological polar surface area (TPSA) is 52.6 Å². The van der Waals surface area contributed by atoms with Gasteiger partial charge >= 0.3 is 0 Å². The van der Waals surface area contributed by atoms with Gasteiger partial charge in [-0.15, -0.1) is 0 Å². The summed E-state index contributed by atoms with van der Waals surface area (Å²) in [5.74, 6) is -0.391. The second kappa shape index (κ2) is 5.38. The standard InChI is InChI=1S/C16H22O4S/c1-15(8-5-9-16(12-15)19-10-11-20-16)13-21(17,18)14-6-3-2-4-7-14/h2-4,6-7H,5,8-13H2,1H3/t15-/m1/s1. The quantitative estimate of drug-likeness (QED) is 0.861. The molecule has 1 aliphatic heterocycles. The van der Waals surface area contributed by atoms with Crippen LogP contribution in [0.2, 0.25) is 0 Å². The highest BCUT2D eigenvalue weighted by atomic mass is 32.2. The summed E-state index contributed by atoms with van der Waals surface area (Å²) < 4.78 is 36.8. The Kier molecular flexibility index (Phi) is 3.84. The van der Waals surface area contributed by atoms with Crippen molar-refractivity contribution in [2.24, 2.45) is 5.41 Å². The minimum Gasteiger partial charge on any atom is -0.348 e. The fourth-order valence-electron chi connectivity index (χ4n) is 3.65. The van der Waals surface area contributed by atoms with Crippen molar-refractivity contribution in [1.82, 2.24) is 0 Å². The van der Waals surface area contributed by atoms with Crippen LogP contribution >= 0.6 is 0 Å². The Bertz CT molecular complexity index is 590. The largest absolute Gasteiger partial charge is 0.348 e. The Labute approximate surface area is 126 Å². The second-order valence-corrected chi connectivity index (χ2v) is 8.51. The van der Waals surface area contributed by atoms with Crippen LogP contribution in [-0.2, 0) is 19.3 Å². The molecular formula is C16H22O4S. The van der Waals surface area contributed by atoms with Gasteiger partial charge in [-0.25, -0.2) is 8.42 Å². The van der Waals surface area contributed by atoms with Gasteiger partial charge in [0.05, 0.1) is 23.9 Å². The molecule has 1 aromatic rings. The minimum absolute atomic E-state index is 0.151. The Hall–Kier alpha value is -0.910. The number of benzene rings is 1. The van der Waals surface area contributed by atoms with Crippen molar-refractivity contribution in [2.75, 3.05) is 19.0 Å². The summed E-state index contributed by atoms with van der Waals surface area (Å²) in [7, 11) is -3.28. The summed E-state index contributed by atoms with van der Waals surface area (Å²) in [6, 6.07) is 8.69. The lowest BCUT2D eigenvalue weighted by molar-refractivity contribution is -0.197. The summed E-state index contributed by atoms with van der Waals surface area (Å²) in [4.78, 5) is 0.402. The van der Waals surface area contributed by atoms with Crippen LogP contribution in [0.5, 0.6) is 0 Å². The van der Waals surface area contributed by atoms with E-state index in [0.717, 1.165) is 19.3 Å². The summed E-state index contributed by atoms with van der Waals surface area (Å²) in [5.41, 5.74) is -0.294. The first-order valence-electron chi connectivity index (χ1n) is 7.49. The third-order valence-corrected chi connectivity index (χ3v) is 6.56. The first-order chi connectivity index (χ1) is 9.93. The van der Waals surface area contributed by atoms with Gasteiger partial charge in [0, 0.05) is 12.8 Å². The molecule has 1 spiro atoms. The van der Waals surface area contributed by atoms with Crippen LogP contribution in [0.25, 0.3) is 0 Å². The Morgan fingerprint density at radius 3 is 2.43 bits per heavy atom. The van der Waals surface area contributed by atoms with E-state index in [1.54, 1.807) is 24.3 Å². The number of sulfone groups is 1. The highest BCUT2D eigenvalue weighted by Gasteiger charge is 2.47. The van der Waals surface area contributed by atoms with Crippen LogP contribution in [0, 0.1) is 5.41 Å². The molecule has 0 N–H and O–H groups in total. The highest BCUT2D eigenvalue weighted by molar-refractivity contribution is 7.91. The van der Waals surface area contributed by atoms with Crippen LogP contribution in [0.4, 0.5) is 0 Å². The summed E-state index contributed by atoms with van der Waals surface area (Å²) in [6.45, 7) is 3.27. The maximum Gasteiger partial charge on any atom is 0.178 e. The zero-order chi connectivity index (χ0) is 15.0. The van der Waals surface area contributed by atoms with Crippen molar-refractivity contribution in [2.45, 2.75) is 43.3 Å². The molecule has 21 heavy (non-hydrogen) atoms. The normalized spacial score (nSPS) is 28.8. The number of hydrogen-bond donors (Lipinski definition) is 0. The molecule has 1 saturated carbocycles. The molecule has 0 amide bonds. The van der Waals surface area contributed by atoms with Gasteiger partial charge in [0.2, 0.25) is 0 Å². The molecule has 0 radical (unpaired) electrons. The highest BCUT2D eigenvalue weighted by Crippen LogP contribution is 2.46. The van der Waals surface area contributed by atoms with Gasteiger partial charge in [-0.1, -0.05) is 25.1 Å². The molecule has 2 fully saturated rings. The van der Waals surface area contributed by atoms with Gasteiger partial charge in [-0.3, -0.25) is 0 Å². The number of ether oxygens (including phenoxy) is 2. The SMILES string of the molecule is C[C@@]1(CS(=O)(=O)c2ccccc2)CCCC2(C1)OCCO2. The molecule has 0 bridgehead atoms. The molecule has 1 aliphatic carbocycles. The summed E-state index contributed by atoms with van der Waals surface area (Å²) in [6.07, 6.45) is 3.37. The lowest BCUT2D eigenvalue weighted by Crippen LogP contribution is -2.44. The van der Waals surface area contributed by atoms with Crippen molar-refractivity contribution in [3.8, 4) is 0 Å². The van der Waals surface area contributed by atoms with Crippen LogP contribution in [-0.4, -0.2) is 33.2 Å². The Balaban J connectivity index is 1.80. The van der Waals surface area contributed by atoms with E-state index in [9.17, 15) is 8.42 Å². The molecule has 0 unspecified atom stereocenters. The third-order valence-electron chi connectivity index (χ3n) is 4.49. The van der Waals surface area contributed by atoms with E-state index in [0.29, 0.717) is 24.5 Å². The van der Waals surface area contributed by atoms with Gasteiger partial charge in [0.25, 0.3) is 0 Å². The number of hydrogen-bond acceptors (Lipinski definition) is 4. The molecule has 1 aromatic carbocycles. The molecule has 4 nitrogen and oxygen atoms in total. The Morgan fingerprint density at radius 1 is 1.10 bits per heavy atom. The van der Waals surface area contributed by atoms with Crippen LogP contribution in [0.1, 0.15) is 32.6 Å². The van der Waals surface area contributed by atoms with E-state index in [2.05, 4.69) is 0 Å². The predicted molar refractivity (Wildman–Crippen MR) is 79.7 cm³/mol. The first kappa shape index (κ1) is 15.0. The molecule has 1 saturated heterocycles. The fraction of sp³-hybridized carbons (Fsp3) is 0.625. The predicted octanol–water partition coefficient (Wildman–Crippen LogP) is 2.78. The van der Waals surface area contributed by atoms with Gasteiger partial charge in [0.1, 0.15) is 0 Å². The van der Waals surface area contributed by atoms with Crippen molar-refractivity contribution >= 4 is 9.84 Å². The molecule has 116 valence electrons. The second-order valence-electron chi connectivity index (χ2n) is 6.52. The van der Waals surface area contributed by atoms with E-state index in [4.69, 9.17) is 9.47 Å². The monoisotopic (exact) mass is 310 g/mol. The average Bonchev–Trinajstić information content (AvgIpc) is 2.86. The van der Waals surface area contributed by atoms with E-state index in [1.807, 2.05) is 13.0 Å². The van der Waals surface area contributed by atoms with Crippen LogP contribution in [0.3, 0.4) is 0 Å². The molecule has 2 aliphatic rings. The van der Waals surface area contributed by atoms with Crippen LogP contribution in [0.15, 0.2) is 35.2 Å². The number of rotatable bonds is 3. The molecule has 0 aromatic heterocycles. The minimum atomic E-state index is -3.28. The maximum absolute atomic E-state index is 12.6. The summed E-state index contributed by atoms with van der Waals surface area (Å²) in [5, 5.41) is 0. The van der Waals surface area contributed by atoms with E-state index >= 15 is 0 Å². The molecule has 1 heterocycles.